The zero-order valence-corrected chi connectivity index (χ0v) is 8.38. The van der Waals surface area contributed by atoms with Crippen molar-refractivity contribution in [1.29, 1.82) is 0 Å². The van der Waals surface area contributed by atoms with Crippen LogP contribution in [0.2, 0.25) is 0 Å². The second kappa shape index (κ2) is 4.23. The summed E-state index contributed by atoms with van der Waals surface area (Å²) in [7, 11) is 0. The van der Waals surface area contributed by atoms with E-state index in [2.05, 4.69) is 16.1 Å². The first-order chi connectivity index (χ1) is 6.15. The molecule has 1 aromatic heterocycles. The van der Waals surface area contributed by atoms with E-state index < -0.39 is 0 Å². The molecule has 0 fully saturated rings. The molecule has 1 rings (SSSR count). The molecule has 0 saturated heterocycles. The predicted octanol–water partition coefficient (Wildman–Crippen LogP) is 1.62. The molecule has 0 aliphatic heterocycles. The molecule has 72 valence electrons. The standard InChI is InChI=1S/C10H17N3/c1-8(2)4-5-13-9(3)12-7-10(13)6-11/h7H,1,4-6,11H2,2-3H3. The quantitative estimate of drug-likeness (QED) is 0.714. The van der Waals surface area contributed by atoms with E-state index >= 15 is 0 Å². The molecule has 0 atom stereocenters. The van der Waals surface area contributed by atoms with E-state index in [9.17, 15) is 0 Å². The van der Waals surface area contributed by atoms with Crippen LogP contribution in [0.1, 0.15) is 24.9 Å². The number of rotatable bonds is 4. The highest BCUT2D eigenvalue weighted by atomic mass is 15.1. The van der Waals surface area contributed by atoms with Crippen molar-refractivity contribution in [3.8, 4) is 0 Å². The van der Waals surface area contributed by atoms with Gasteiger partial charge in [-0.1, -0.05) is 5.57 Å². The van der Waals surface area contributed by atoms with Crippen LogP contribution in [0.5, 0.6) is 0 Å². The molecule has 0 amide bonds. The van der Waals surface area contributed by atoms with Crippen LogP contribution in [0.15, 0.2) is 18.3 Å². The van der Waals surface area contributed by atoms with Crippen molar-refractivity contribution in [2.75, 3.05) is 0 Å². The third kappa shape index (κ3) is 2.42. The van der Waals surface area contributed by atoms with Gasteiger partial charge in [-0.25, -0.2) is 4.98 Å². The van der Waals surface area contributed by atoms with E-state index in [0.717, 1.165) is 24.5 Å². The Morgan fingerprint density at radius 1 is 1.69 bits per heavy atom. The summed E-state index contributed by atoms with van der Waals surface area (Å²) >= 11 is 0. The highest BCUT2D eigenvalue weighted by Gasteiger charge is 2.03. The number of hydrogen-bond acceptors (Lipinski definition) is 2. The van der Waals surface area contributed by atoms with Crippen molar-refractivity contribution in [2.24, 2.45) is 5.73 Å². The van der Waals surface area contributed by atoms with Crippen molar-refractivity contribution in [3.05, 3.63) is 29.9 Å². The first-order valence-corrected chi connectivity index (χ1v) is 4.50. The van der Waals surface area contributed by atoms with Crippen molar-refractivity contribution in [2.45, 2.75) is 33.4 Å². The molecule has 1 heterocycles. The van der Waals surface area contributed by atoms with Gasteiger partial charge in [0.1, 0.15) is 5.82 Å². The minimum absolute atomic E-state index is 0.553. The summed E-state index contributed by atoms with van der Waals surface area (Å²) in [4.78, 5) is 4.22. The molecular formula is C10H17N3. The number of aryl methyl sites for hydroxylation is 1. The third-order valence-corrected chi connectivity index (χ3v) is 2.11. The molecule has 0 aromatic carbocycles. The molecule has 0 spiro atoms. The summed E-state index contributed by atoms with van der Waals surface area (Å²) in [5.74, 6) is 1.03. The Morgan fingerprint density at radius 2 is 2.38 bits per heavy atom. The van der Waals surface area contributed by atoms with Crippen LogP contribution >= 0.6 is 0 Å². The predicted molar refractivity (Wildman–Crippen MR) is 54.3 cm³/mol. The smallest absolute Gasteiger partial charge is 0.105 e. The SMILES string of the molecule is C=C(C)CCn1c(CN)cnc1C. The number of aromatic nitrogens is 2. The Morgan fingerprint density at radius 3 is 2.92 bits per heavy atom. The van der Waals surface area contributed by atoms with Gasteiger partial charge in [-0.05, 0) is 20.3 Å². The van der Waals surface area contributed by atoms with E-state index in [4.69, 9.17) is 5.73 Å². The summed E-state index contributed by atoms with van der Waals surface area (Å²) in [5, 5.41) is 0. The molecule has 0 saturated carbocycles. The van der Waals surface area contributed by atoms with E-state index in [1.807, 2.05) is 20.0 Å². The zero-order valence-electron chi connectivity index (χ0n) is 8.38. The van der Waals surface area contributed by atoms with Crippen LogP contribution in [-0.4, -0.2) is 9.55 Å². The van der Waals surface area contributed by atoms with Crippen molar-refractivity contribution in [1.82, 2.24) is 9.55 Å². The van der Waals surface area contributed by atoms with Gasteiger partial charge in [-0.2, -0.15) is 0 Å². The molecule has 1 aromatic rings. The first-order valence-electron chi connectivity index (χ1n) is 4.50. The lowest BCUT2D eigenvalue weighted by molar-refractivity contribution is 0.639. The summed E-state index contributed by atoms with van der Waals surface area (Å²) in [5.41, 5.74) is 7.87. The van der Waals surface area contributed by atoms with Gasteiger partial charge in [0, 0.05) is 19.3 Å². The molecular weight excluding hydrogens is 162 g/mol. The monoisotopic (exact) mass is 179 g/mol. The van der Waals surface area contributed by atoms with Gasteiger partial charge in [0.25, 0.3) is 0 Å². The number of hydrogen-bond donors (Lipinski definition) is 1. The zero-order chi connectivity index (χ0) is 9.84. The lowest BCUT2D eigenvalue weighted by atomic mass is 10.2. The highest BCUT2D eigenvalue weighted by Crippen LogP contribution is 2.07. The molecule has 0 aliphatic carbocycles. The van der Waals surface area contributed by atoms with Gasteiger partial charge in [-0.15, -0.1) is 6.58 Å². The maximum atomic E-state index is 5.59. The van der Waals surface area contributed by atoms with Crippen LogP contribution in [-0.2, 0) is 13.1 Å². The molecule has 13 heavy (non-hydrogen) atoms. The van der Waals surface area contributed by atoms with Crippen LogP contribution in [0.25, 0.3) is 0 Å². The van der Waals surface area contributed by atoms with Crippen molar-refractivity contribution < 1.29 is 0 Å². The lowest BCUT2D eigenvalue weighted by Crippen LogP contribution is -2.09. The minimum atomic E-state index is 0.553. The number of nitrogens with two attached hydrogens (primary N) is 1. The summed E-state index contributed by atoms with van der Waals surface area (Å²) in [6.07, 6.45) is 2.83. The molecule has 0 unspecified atom stereocenters. The average Bonchev–Trinajstić information content (AvgIpc) is 2.43. The van der Waals surface area contributed by atoms with Gasteiger partial charge in [-0.3, -0.25) is 0 Å². The lowest BCUT2D eigenvalue weighted by Gasteiger charge is -2.08. The molecule has 2 N–H and O–H groups in total. The topological polar surface area (TPSA) is 43.8 Å². The van der Waals surface area contributed by atoms with Gasteiger partial charge in [0.05, 0.1) is 5.69 Å². The molecule has 0 bridgehead atoms. The molecule has 0 radical (unpaired) electrons. The Labute approximate surface area is 79.3 Å². The second-order valence-corrected chi connectivity index (χ2v) is 3.36. The van der Waals surface area contributed by atoms with Gasteiger partial charge >= 0.3 is 0 Å². The summed E-state index contributed by atoms with van der Waals surface area (Å²) < 4.78 is 2.15. The average molecular weight is 179 g/mol. The van der Waals surface area contributed by atoms with E-state index in [1.54, 1.807) is 0 Å². The van der Waals surface area contributed by atoms with Crippen LogP contribution in [0, 0.1) is 6.92 Å². The highest BCUT2D eigenvalue weighted by molar-refractivity contribution is 5.04. The minimum Gasteiger partial charge on any atom is -0.331 e. The molecule has 0 aliphatic rings. The van der Waals surface area contributed by atoms with Gasteiger partial charge in [0.15, 0.2) is 0 Å². The fraction of sp³-hybridized carbons (Fsp3) is 0.500. The van der Waals surface area contributed by atoms with Crippen LogP contribution < -0.4 is 5.73 Å². The number of imidazole rings is 1. The van der Waals surface area contributed by atoms with E-state index in [1.165, 1.54) is 5.57 Å². The number of nitrogens with zero attached hydrogens (tertiary/aromatic N) is 2. The van der Waals surface area contributed by atoms with E-state index in [0.29, 0.717) is 6.54 Å². The Balaban J connectivity index is 2.73. The van der Waals surface area contributed by atoms with Crippen molar-refractivity contribution >= 4 is 0 Å². The second-order valence-electron chi connectivity index (χ2n) is 3.36. The largest absolute Gasteiger partial charge is 0.331 e. The van der Waals surface area contributed by atoms with Crippen LogP contribution in [0.4, 0.5) is 0 Å². The third-order valence-electron chi connectivity index (χ3n) is 2.11. The maximum Gasteiger partial charge on any atom is 0.105 e. The summed E-state index contributed by atoms with van der Waals surface area (Å²) in [6, 6.07) is 0. The van der Waals surface area contributed by atoms with Crippen LogP contribution in [0.3, 0.4) is 0 Å². The number of allylic oxidation sites excluding steroid dienone is 1. The Hall–Kier alpha value is -1.09. The summed E-state index contributed by atoms with van der Waals surface area (Å²) in [6.45, 7) is 9.40. The molecule has 3 nitrogen and oxygen atoms in total. The van der Waals surface area contributed by atoms with Gasteiger partial charge in [0.2, 0.25) is 0 Å². The Kier molecular flexibility index (Phi) is 3.25. The van der Waals surface area contributed by atoms with Crippen molar-refractivity contribution in [3.63, 3.8) is 0 Å². The fourth-order valence-corrected chi connectivity index (χ4v) is 1.29. The molecule has 3 heteroatoms. The van der Waals surface area contributed by atoms with E-state index in [-0.39, 0.29) is 0 Å². The maximum absolute atomic E-state index is 5.59. The van der Waals surface area contributed by atoms with Gasteiger partial charge < -0.3 is 10.3 Å². The fourth-order valence-electron chi connectivity index (χ4n) is 1.29. The first kappa shape index (κ1) is 9.99. The normalized spacial score (nSPS) is 10.4. The Bertz CT molecular complexity index is 299.